The lowest BCUT2D eigenvalue weighted by atomic mass is 9.66. The molecule has 24 heavy (non-hydrogen) atoms. The molecule has 1 aromatic rings. The number of hydrogen-bond donors (Lipinski definition) is 0. The minimum Gasteiger partial charge on any atom is -0.495 e. The van der Waals surface area contributed by atoms with Crippen molar-refractivity contribution in [3.63, 3.8) is 0 Å². The summed E-state index contributed by atoms with van der Waals surface area (Å²) in [7, 11) is -2.05. The van der Waals surface area contributed by atoms with Crippen LogP contribution in [0.2, 0.25) is 0 Å². The van der Waals surface area contributed by atoms with Crippen LogP contribution in [0.1, 0.15) is 25.7 Å². The number of hydrogen-bond acceptors (Lipinski definition) is 4. The van der Waals surface area contributed by atoms with Gasteiger partial charge >= 0.3 is 0 Å². The normalized spacial score (nSPS) is 27.0. The van der Waals surface area contributed by atoms with Gasteiger partial charge in [0, 0.05) is 35.7 Å². The summed E-state index contributed by atoms with van der Waals surface area (Å²) in [4.78, 5) is 0.256. The van der Waals surface area contributed by atoms with Crippen LogP contribution >= 0.6 is 15.9 Å². The molecule has 2 aliphatic heterocycles. The average Bonchev–Trinajstić information content (AvgIpc) is 3.38. The summed E-state index contributed by atoms with van der Waals surface area (Å²) in [5.74, 6) is 0.908. The second-order valence-electron chi connectivity index (χ2n) is 7.10. The molecule has 0 radical (unpaired) electrons. The zero-order valence-corrected chi connectivity index (χ0v) is 16.1. The van der Waals surface area contributed by atoms with Gasteiger partial charge in [-0.15, -0.1) is 0 Å². The molecule has 5 nitrogen and oxygen atoms in total. The summed E-state index contributed by atoms with van der Waals surface area (Å²) in [5.41, 5.74) is 0.117. The summed E-state index contributed by atoms with van der Waals surface area (Å²) in [6.45, 7) is 2.10. The highest BCUT2D eigenvalue weighted by atomic mass is 79.9. The van der Waals surface area contributed by atoms with E-state index in [-0.39, 0.29) is 16.4 Å². The van der Waals surface area contributed by atoms with Crippen LogP contribution in [0.5, 0.6) is 5.75 Å². The molecule has 1 unspecified atom stereocenters. The van der Waals surface area contributed by atoms with Gasteiger partial charge in [0.05, 0.1) is 7.11 Å². The van der Waals surface area contributed by atoms with Gasteiger partial charge in [-0.25, -0.2) is 8.42 Å². The quantitative estimate of drug-likeness (QED) is 0.757. The third kappa shape index (κ3) is 2.60. The van der Waals surface area contributed by atoms with Gasteiger partial charge in [0.25, 0.3) is 0 Å². The summed E-state index contributed by atoms with van der Waals surface area (Å²) in [6, 6.07) is 5.27. The number of ether oxygens (including phenoxy) is 2. The van der Waals surface area contributed by atoms with Crippen molar-refractivity contribution in [1.82, 2.24) is 4.31 Å². The Morgan fingerprint density at radius 3 is 2.62 bits per heavy atom. The predicted molar refractivity (Wildman–Crippen MR) is 93.6 cm³/mol. The van der Waals surface area contributed by atoms with E-state index in [4.69, 9.17) is 9.47 Å². The van der Waals surface area contributed by atoms with Crippen molar-refractivity contribution in [3.8, 4) is 5.75 Å². The number of methoxy groups -OCH3 is 1. The fourth-order valence-electron chi connectivity index (χ4n) is 4.29. The lowest BCUT2D eigenvalue weighted by molar-refractivity contribution is -0.101. The molecule has 1 aliphatic carbocycles. The number of benzene rings is 1. The molecule has 1 atom stereocenters. The summed E-state index contributed by atoms with van der Waals surface area (Å²) >= 11 is 3.38. The summed E-state index contributed by atoms with van der Waals surface area (Å²) < 4.78 is 39.9. The van der Waals surface area contributed by atoms with Crippen LogP contribution in [0.3, 0.4) is 0 Å². The second kappa shape index (κ2) is 5.97. The predicted octanol–water partition coefficient (Wildman–Crippen LogP) is 3.04. The van der Waals surface area contributed by atoms with Gasteiger partial charge in [-0.05, 0) is 49.8 Å². The van der Waals surface area contributed by atoms with Gasteiger partial charge in [0.2, 0.25) is 10.0 Å². The Labute approximate surface area is 151 Å². The minimum atomic E-state index is -3.56. The molecule has 2 heterocycles. The highest BCUT2D eigenvalue weighted by Crippen LogP contribution is 2.56. The Kier molecular flexibility index (Phi) is 4.18. The Morgan fingerprint density at radius 2 is 2.00 bits per heavy atom. The van der Waals surface area contributed by atoms with Crippen molar-refractivity contribution in [2.45, 2.75) is 36.6 Å². The van der Waals surface area contributed by atoms with Crippen LogP contribution in [0.15, 0.2) is 27.6 Å². The van der Waals surface area contributed by atoms with Crippen LogP contribution in [0.4, 0.5) is 0 Å². The maximum absolute atomic E-state index is 13.3. The van der Waals surface area contributed by atoms with Crippen LogP contribution in [-0.4, -0.2) is 45.6 Å². The fraction of sp³-hybridized carbons (Fsp3) is 0.647. The van der Waals surface area contributed by atoms with Crippen molar-refractivity contribution >= 4 is 26.0 Å². The van der Waals surface area contributed by atoms with E-state index < -0.39 is 10.0 Å². The molecule has 0 aromatic heterocycles. The molecule has 1 aromatic carbocycles. The van der Waals surface area contributed by atoms with E-state index in [2.05, 4.69) is 15.9 Å². The molecule has 0 N–H and O–H groups in total. The topological polar surface area (TPSA) is 55.8 Å². The standard InChI is InChI=1S/C17H22BrNO4S/c1-22-14-5-4-13(18)10-15(14)24(20,21)19-11-17(6-8-23-9-7-17)16(19)12-2-3-12/h4-5,10,12,16H,2-3,6-9,11H2,1H3. The number of nitrogens with zero attached hydrogens (tertiary/aromatic N) is 1. The minimum absolute atomic E-state index is 0.117. The van der Waals surface area contributed by atoms with Gasteiger partial charge in [0.1, 0.15) is 10.6 Å². The maximum atomic E-state index is 13.3. The zero-order valence-electron chi connectivity index (χ0n) is 13.7. The van der Waals surface area contributed by atoms with Gasteiger partial charge in [-0.3, -0.25) is 0 Å². The first kappa shape index (κ1) is 16.8. The van der Waals surface area contributed by atoms with Crippen molar-refractivity contribution in [2.24, 2.45) is 11.3 Å². The molecule has 1 saturated carbocycles. The third-order valence-electron chi connectivity index (χ3n) is 5.68. The van der Waals surface area contributed by atoms with E-state index >= 15 is 0 Å². The van der Waals surface area contributed by atoms with Gasteiger partial charge in [0.15, 0.2) is 0 Å². The van der Waals surface area contributed by atoms with Crippen molar-refractivity contribution < 1.29 is 17.9 Å². The molecule has 4 rings (SSSR count). The van der Waals surface area contributed by atoms with Crippen LogP contribution in [-0.2, 0) is 14.8 Å². The molecule has 1 spiro atoms. The van der Waals surface area contributed by atoms with Crippen molar-refractivity contribution in [3.05, 3.63) is 22.7 Å². The van der Waals surface area contributed by atoms with E-state index in [1.165, 1.54) is 7.11 Å². The number of sulfonamides is 1. The van der Waals surface area contributed by atoms with Crippen molar-refractivity contribution in [1.29, 1.82) is 0 Å². The van der Waals surface area contributed by atoms with Gasteiger partial charge in [-0.1, -0.05) is 15.9 Å². The molecular weight excluding hydrogens is 394 g/mol. The Morgan fingerprint density at radius 1 is 1.29 bits per heavy atom. The van der Waals surface area contributed by atoms with E-state index in [1.807, 2.05) is 0 Å². The Balaban J connectivity index is 1.69. The monoisotopic (exact) mass is 415 g/mol. The second-order valence-corrected chi connectivity index (χ2v) is 9.88. The van der Waals surface area contributed by atoms with E-state index in [0.717, 1.165) is 43.4 Å². The van der Waals surface area contributed by atoms with Crippen LogP contribution in [0.25, 0.3) is 0 Å². The smallest absolute Gasteiger partial charge is 0.247 e. The van der Waals surface area contributed by atoms with E-state index in [9.17, 15) is 8.42 Å². The molecule has 132 valence electrons. The van der Waals surface area contributed by atoms with Crippen LogP contribution in [0, 0.1) is 11.3 Å². The van der Waals surface area contributed by atoms with Crippen molar-refractivity contribution in [2.75, 3.05) is 26.9 Å². The van der Waals surface area contributed by atoms with Gasteiger partial charge in [-0.2, -0.15) is 4.31 Å². The lowest BCUT2D eigenvalue weighted by Gasteiger charge is -2.58. The largest absolute Gasteiger partial charge is 0.495 e. The maximum Gasteiger partial charge on any atom is 0.247 e. The molecule has 2 saturated heterocycles. The molecule has 7 heteroatoms. The zero-order chi connectivity index (χ0) is 16.9. The molecule has 3 aliphatic rings. The van der Waals surface area contributed by atoms with E-state index in [1.54, 1.807) is 22.5 Å². The Hall–Kier alpha value is -0.630. The highest BCUT2D eigenvalue weighted by molar-refractivity contribution is 9.10. The van der Waals surface area contributed by atoms with E-state index in [0.29, 0.717) is 18.2 Å². The lowest BCUT2D eigenvalue weighted by Crippen LogP contribution is -2.68. The molecule has 0 bridgehead atoms. The highest BCUT2D eigenvalue weighted by Gasteiger charge is 2.61. The average molecular weight is 416 g/mol. The summed E-state index contributed by atoms with van der Waals surface area (Å²) in [5, 5.41) is 0. The van der Waals surface area contributed by atoms with Crippen LogP contribution < -0.4 is 4.74 Å². The first-order valence-electron chi connectivity index (χ1n) is 8.41. The number of halogens is 1. The fourth-order valence-corrected chi connectivity index (χ4v) is 6.86. The van der Waals surface area contributed by atoms with Gasteiger partial charge < -0.3 is 9.47 Å². The summed E-state index contributed by atoms with van der Waals surface area (Å²) in [6.07, 6.45) is 4.20. The first-order chi connectivity index (χ1) is 11.5. The molecule has 3 fully saturated rings. The SMILES string of the molecule is COc1ccc(Br)cc1S(=O)(=O)N1CC2(CCOCC2)C1C1CC1. The third-order valence-corrected chi connectivity index (χ3v) is 8.02. The first-order valence-corrected chi connectivity index (χ1v) is 10.6. The molecule has 0 amide bonds. The Bertz CT molecular complexity index is 741. The number of rotatable bonds is 4. The molecular formula is C17H22BrNO4S.